The molecule has 1 atom stereocenters. The average Bonchev–Trinajstić information content (AvgIpc) is 3.84. The minimum absolute atomic E-state index is 0. The number of halogens is 1. The van der Waals surface area contributed by atoms with Crippen LogP contribution in [0.4, 0.5) is 21.6 Å². The fourth-order valence-corrected chi connectivity index (χ4v) is 8.68. The molecule has 4 aromatic heterocycles. The van der Waals surface area contributed by atoms with Gasteiger partial charge >= 0.3 is 20.4 Å². The number of hydrogen-bond donors (Lipinski definition) is 0. The van der Waals surface area contributed by atoms with Crippen LogP contribution < -0.4 is 4.90 Å². The molecule has 0 aliphatic carbocycles. The van der Waals surface area contributed by atoms with E-state index in [1.54, 1.807) is 6.20 Å². The van der Waals surface area contributed by atoms with E-state index in [9.17, 15) is 0 Å². The summed E-state index contributed by atoms with van der Waals surface area (Å²) in [5, 5.41) is 5.23. The van der Waals surface area contributed by atoms with Gasteiger partial charge in [0.2, 0.25) is 0 Å². The van der Waals surface area contributed by atoms with Crippen molar-refractivity contribution >= 4 is 66.3 Å². The number of anilines is 3. The van der Waals surface area contributed by atoms with E-state index in [0.29, 0.717) is 11.1 Å². The van der Waals surface area contributed by atoms with Crippen LogP contribution in [0.15, 0.2) is 152 Å². The largest absolute Gasteiger partial charge is 2.00 e. The molecule has 0 saturated carbocycles. The molecular formula is C48H32FN5Pd. The van der Waals surface area contributed by atoms with Crippen LogP contribution in [0.1, 0.15) is 42.3 Å². The number of hydrogen-bond acceptors (Lipinski definition) is 3. The van der Waals surface area contributed by atoms with Crippen LogP contribution in [0.2, 0.25) is 0 Å². The Balaban J connectivity index is 0.00000372. The second-order valence-corrected chi connectivity index (χ2v) is 14.6. The zero-order valence-electron chi connectivity index (χ0n) is 29.9. The molecule has 0 fully saturated rings. The number of para-hydroxylation sites is 3. The third kappa shape index (κ3) is 4.87. The van der Waals surface area contributed by atoms with E-state index in [2.05, 4.69) is 119 Å². The molecule has 7 heteroatoms. The standard InChI is InChI=1S/C48H32FN5.Pd/c1-48(2)39-18-11-23-50-47(39)54(44-29-43-37(28-40(44)48)36-17-7-9-20-42(36)53(43)32-13-4-3-5-14-32)33-15-10-12-30(26-33)45(49)31-21-22-34-35-16-6-8-19-41(35)52-25-24-51-46(52)38(34)27-31;/h3-25,28-29,45H,1-2H3;/q-2;+2. The first-order valence-electron chi connectivity index (χ1n) is 18.2. The maximum atomic E-state index is 16.9. The molecule has 10 aromatic rings. The van der Waals surface area contributed by atoms with Crippen molar-refractivity contribution in [3.63, 3.8) is 0 Å². The van der Waals surface area contributed by atoms with E-state index >= 15 is 4.39 Å². The average molecular weight is 804 g/mol. The molecule has 0 amide bonds. The van der Waals surface area contributed by atoms with Crippen molar-refractivity contribution in [2.24, 2.45) is 0 Å². The minimum Gasteiger partial charge on any atom is -0.340 e. The summed E-state index contributed by atoms with van der Waals surface area (Å²) in [6.07, 6.45) is 4.09. The van der Waals surface area contributed by atoms with E-state index in [1.807, 2.05) is 71.4 Å². The predicted octanol–water partition coefficient (Wildman–Crippen LogP) is 11.9. The van der Waals surface area contributed by atoms with Gasteiger partial charge in [-0.15, -0.1) is 29.8 Å². The van der Waals surface area contributed by atoms with Gasteiger partial charge in [0.15, 0.2) is 0 Å². The molecule has 5 heterocycles. The minimum atomic E-state index is -1.47. The van der Waals surface area contributed by atoms with Crippen LogP contribution in [0.5, 0.6) is 0 Å². The van der Waals surface area contributed by atoms with Gasteiger partial charge in [-0.05, 0) is 53.4 Å². The molecule has 11 rings (SSSR count). The van der Waals surface area contributed by atoms with Crippen molar-refractivity contribution in [3.8, 4) is 5.69 Å². The maximum Gasteiger partial charge on any atom is 2.00 e. The maximum absolute atomic E-state index is 16.9. The summed E-state index contributed by atoms with van der Waals surface area (Å²) < 4.78 is 21.3. The third-order valence-electron chi connectivity index (χ3n) is 11.3. The quantitative estimate of drug-likeness (QED) is 0.101. The summed E-state index contributed by atoms with van der Waals surface area (Å²) in [6, 6.07) is 52.6. The van der Waals surface area contributed by atoms with E-state index in [0.717, 1.165) is 66.8 Å². The number of nitrogens with zero attached hydrogens (tertiary/aromatic N) is 5. The normalized spacial score (nSPS) is 14.0. The second kappa shape index (κ2) is 12.5. The second-order valence-electron chi connectivity index (χ2n) is 14.6. The molecule has 0 radical (unpaired) electrons. The Morgan fingerprint density at radius 1 is 0.618 bits per heavy atom. The number of rotatable bonds is 4. The summed E-state index contributed by atoms with van der Waals surface area (Å²) in [5.41, 5.74) is 9.60. The number of fused-ring (bicyclic) bond motifs is 11. The molecule has 0 spiro atoms. The number of aromatic nitrogens is 4. The van der Waals surface area contributed by atoms with Crippen LogP contribution >= 0.6 is 0 Å². The van der Waals surface area contributed by atoms with Crippen molar-refractivity contribution in [1.29, 1.82) is 0 Å². The van der Waals surface area contributed by atoms with Crippen molar-refractivity contribution in [2.75, 3.05) is 4.90 Å². The van der Waals surface area contributed by atoms with Crippen LogP contribution in [0.25, 0.3) is 54.8 Å². The van der Waals surface area contributed by atoms with Gasteiger partial charge in [0.05, 0.1) is 22.4 Å². The third-order valence-corrected chi connectivity index (χ3v) is 11.3. The van der Waals surface area contributed by atoms with Crippen molar-refractivity contribution in [3.05, 3.63) is 186 Å². The van der Waals surface area contributed by atoms with E-state index < -0.39 is 6.17 Å². The van der Waals surface area contributed by atoms with Crippen molar-refractivity contribution in [1.82, 2.24) is 18.9 Å². The first-order valence-corrected chi connectivity index (χ1v) is 18.2. The van der Waals surface area contributed by atoms with Crippen LogP contribution in [-0.2, 0) is 25.8 Å². The van der Waals surface area contributed by atoms with Gasteiger partial charge in [0.1, 0.15) is 12.0 Å². The number of benzene rings is 6. The van der Waals surface area contributed by atoms with E-state index in [4.69, 9.17) is 4.98 Å². The van der Waals surface area contributed by atoms with Crippen molar-refractivity contribution < 1.29 is 24.8 Å². The number of imidazole rings is 1. The molecule has 0 N–H and O–H groups in total. The molecule has 1 aliphatic heterocycles. The SMILES string of the molecule is CC1(C)c2cc3c4ccccc4n(-c4ccccc4)c3cc2N(c2[c-]c(C(F)c3[c-]c4c(cc3)c3ccccc3n3ccnc43)ccc2)c2ncccc21.[Pd+2]. The van der Waals surface area contributed by atoms with Gasteiger partial charge in [-0.2, -0.15) is 18.2 Å². The zero-order chi connectivity index (χ0) is 36.1. The molecule has 55 heavy (non-hydrogen) atoms. The molecule has 6 aromatic carbocycles. The Morgan fingerprint density at radius 3 is 2.20 bits per heavy atom. The van der Waals surface area contributed by atoms with Crippen LogP contribution in [0.3, 0.4) is 0 Å². The molecule has 1 unspecified atom stereocenters. The molecule has 5 nitrogen and oxygen atoms in total. The summed E-state index contributed by atoms with van der Waals surface area (Å²) in [4.78, 5) is 11.8. The Morgan fingerprint density at radius 2 is 1.36 bits per heavy atom. The molecule has 0 bridgehead atoms. The molecule has 266 valence electrons. The fraction of sp³-hybridized carbons (Fsp3) is 0.0833. The predicted molar refractivity (Wildman–Crippen MR) is 216 cm³/mol. The monoisotopic (exact) mass is 803 g/mol. The Bertz CT molecular complexity index is 3130. The van der Waals surface area contributed by atoms with Gasteiger partial charge in [0, 0.05) is 51.5 Å². The van der Waals surface area contributed by atoms with Gasteiger partial charge in [-0.25, -0.2) is 9.37 Å². The van der Waals surface area contributed by atoms with Gasteiger partial charge < -0.3 is 13.9 Å². The summed E-state index contributed by atoms with van der Waals surface area (Å²) >= 11 is 0. The first-order chi connectivity index (χ1) is 26.5. The zero-order valence-corrected chi connectivity index (χ0v) is 31.5. The Kier molecular flexibility index (Phi) is 7.58. The Hall–Kier alpha value is -6.13. The molecular weight excluding hydrogens is 772 g/mol. The molecule has 1 aliphatic rings. The first kappa shape index (κ1) is 33.4. The van der Waals surface area contributed by atoms with Crippen LogP contribution in [-0.4, -0.2) is 18.9 Å². The van der Waals surface area contributed by atoms with Gasteiger partial charge in [0.25, 0.3) is 0 Å². The Labute approximate surface area is 331 Å². The number of alkyl halides is 1. The van der Waals surface area contributed by atoms with Gasteiger partial charge in [-0.1, -0.05) is 96.5 Å². The summed E-state index contributed by atoms with van der Waals surface area (Å²) in [6.45, 7) is 4.53. The van der Waals surface area contributed by atoms with Gasteiger partial charge in [-0.3, -0.25) is 4.98 Å². The summed E-state index contributed by atoms with van der Waals surface area (Å²) in [7, 11) is 0. The number of pyridine rings is 2. The molecule has 0 saturated heterocycles. The topological polar surface area (TPSA) is 38.4 Å². The smallest absolute Gasteiger partial charge is 0.340 e. The van der Waals surface area contributed by atoms with Crippen LogP contribution in [0, 0.1) is 12.1 Å². The van der Waals surface area contributed by atoms with Crippen molar-refractivity contribution in [2.45, 2.75) is 25.4 Å². The summed E-state index contributed by atoms with van der Waals surface area (Å²) in [5.74, 6) is 0.811. The van der Waals surface area contributed by atoms with E-state index in [-0.39, 0.29) is 25.8 Å². The van der Waals surface area contributed by atoms with E-state index in [1.165, 1.54) is 16.3 Å². The fourth-order valence-electron chi connectivity index (χ4n) is 8.68.